The first-order valence-corrected chi connectivity index (χ1v) is 10.9. The standard InChI is InChI=1S/C26H31NO5/c1-6-32-21-12-11-20(15-17(21)4)24(28)22-23(19-9-7-18(8-10-19)16(2)3)27(13-14-31-5)26(30)25(22)29/h7-12,15-16,23,28H,6,13-14H2,1-5H3/b24-22-. The molecular weight excluding hydrogens is 406 g/mol. The monoisotopic (exact) mass is 437 g/mol. The summed E-state index contributed by atoms with van der Waals surface area (Å²) in [7, 11) is 1.55. The molecule has 2 aromatic carbocycles. The van der Waals surface area contributed by atoms with Crippen LogP contribution in [0.1, 0.15) is 55.0 Å². The quantitative estimate of drug-likeness (QED) is 0.372. The fraction of sp³-hybridized carbons (Fsp3) is 0.385. The molecule has 1 N–H and O–H groups in total. The van der Waals surface area contributed by atoms with E-state index in [1.807, 2.05) is 38.1 Å². The van der Waals surface area contributed by atoms with Crippen molar-refractivity contribution in [2.45, 2.75) is 39.7 Å². The Balaban J connectivity index is 2.12. The van der Waals surface area contributed by atoms with Crippen molar-refractivity contribution in [2.75, 3.05) is 26.9 Å². The first kappa shape index (κ1) is 23.5. The Bertz CT molecular complexity index is 1020. The Kier molecular flexibility index (Phi) is 7.36. The number of aliphatic hydroxyl groups excluding tert-OH is 1. The molecule has 6 nitrogen and oxygen atoms in total. The normalized spacial score (nSPS) is 17.9. The van der Waals surface area contributed by atoms with Crippen molar-refractivity contribution in [3.8, 4) is 5.75 Å². The molecule has 0 aromatic heterocycles. The largest absolute Gasteiger partial charge is 0.507 e. The number of ketones is 1. The van der Waals surface area contributed by atoms with Crippen LogP contribution >= 0.6 is 0 Å². The van der Waals surface area contributed by atoms with Gasteiger partial charge in [0.15, 0.2) is 0 Å². The van der Waals surface area contributed by atoms with Gasteiger partial charge in [-0.1, -0.05) is 38.1 Å². The summed E-state index contributed by atoms with van der Waals surface area (Å²) in [5.41, 5.74) is 3.33. The van der Waals surface area contributed by atoms with Crippen LogP contribution in [0.5, 0.6) is 5.75 Å². The van der Waals surface area contributed by atoms with Gasteiger partial charge in [-0.3, -0.25) is 9.59 Å². The number of benzene rings is 2. The summed E-state index contributed by atoms with van der Waals surface area (Å²) in [5.74, 6) is -0.444. The van der Waals surface area contributed by atoms with Crippen LogP contribution in [0.4, 0.5) is 0 Å². The summed E-state index contributed by atoms with van der Waals surface area (Å²) in [6.07, 6.45) is 0. The molecule has 1 amide bonds. The van der Waals surface area contributed by atoms with Crippen molar-refractivity contribution < 1.29 is 24.2 Å². The van der Waals surface area contributed by atoms with Crippen molar-refractivity contribution in [3.63, 3.8) is 0 Å². The Morgan fingerprint density at radius 1 is 1.12 bits per heavy atom. The highest BCUT2D eigenvalue weighted by atomic mass is 16.5. The number of nitrogens with zero attached hydrogens (tertiary/aromatic N) is 1. The number of hydrogen-bond acceptors (Lipinski definition) is 5. The number of methoxy groups -OCH3 is 1. The summed E-state index contributed by atoms with van der Waals surface area (Å²) in [5, 5.41) is 11.2. The lowest BCUT2D eigenvalue weighted by molar-refractivity contribution is -0.140. The van der Waals surface area contributed by atoms with Crippen molar-refractivity contribution in [1.82, 2.24) is 4.90 Å². The van der Waals surface area contributed by atoms with E-state index in [4.69, 9.17) is 9.47 Å². The number of ether oxygens (including phenoxy) is 2. The molecule has 0 saturated carbocycles. The highest BCUT2D eigenvalue weighted by molar-refractivity contribution is 6.46. The lowest BCUT2D eigenvalue weighted by atomic mass is 9.93. The number of aryl methyl sites for hydroxylation is 1. The molecule has 1 atom stereocenters. The fourth-order valence-electron chi connectivity index (χ4n) is 3.98. The van der Waals surface area contributed by atoms with E-state index in [1.165, 1.54) is 4.90 Å². The Morgan fingerprint density at radius 3 is 2.38 bits per heavy atom. The second-order valence-corrected chi connectivity index (χ2v) is 8.22. The zero-order chi connectivity index (χ0) is 23.4. The van der Waals surface area contributed by atoms with E-state index < -0.39 is 17.7 Å². The number of carbonyl (C=O) groups excluding carboxylic acids is 2. The van der Waals surface area contributed by atoms with E-state index in [0.717, 1.165) is 16.7 Å². The number of Topliss-reactive ketones (excluding diaryl/α,β-unsaturated/α-hetero) is 1. The maximum Gasteiger partial charge on any atom is 0.295 e. The Morgan fingerprint density at radius 2 is 1.81 bits per heavy atom. The number of amides is 1. The van der Waals surface area contributed by atoms with Gasteiger partial charge >= 0.3 is 0 Å². The van der Waals surface area contributed by atoms with Crippen LogP contribution < -0.4 is 4.74 Å². The molecule has 0 spiro atoms. The van der Waals surface area contributed by atoms with Crippen molar-refractivity contribution in [3.05, 3.63) is 70.3 Å². The number of likely N-dealkylation sites (tertiary alicyclic amines) is 1. The SMILES string of the molecule is CCOc1ccc(/C(O)=C2/C(=O)C(=O)N(CCOC)C2c2ccc(C(C)C)cc2)cc1C. The zero-order valence-electron chi connectivity index (χ0n) is 19.3. The smallest absolute Gasteiger partial charge is 0.295 e. The van der Waals surface area contributed by atoms with Crippen LogP contribution in [-0.2, 0) is 14.3 Å². The van der Waals surface area contributed by atoms with Gasteiger partial charge in [0.1, 0.15) is 11.5 Å². The molecule has 1 aliphatic heterocycles. The Hall–Kier alpha value is -3.12. The minimum atomic E-state index is -0.692. The molecule has 1 aliphatic rings. The van der Waals surface area contributed by atoms with Gasteiger partial charge in [-0.25, -0.2) is 0 Å². The molecule has 6 heteroatoms. The molecule has 0 bridgehead atoms. The van der Waals surface area contributed by atoms with E-state index in [2.05, 4.69) is 13.8 Å². The second-order valence-electron chi connectivity index (χ2n) is 8.22. The van der Waals surface area contributed by atoms with Crippen LogP contribution in [0.15, 0.2) is 48.0 Å². The van der Waals surface area contributed by atoms with E-state index in [1.54, 1.807) is 25.3 Å². The van der Waals surface area contributed by atoms with Gasteiger partial charge in [0, 0.05) is 19.2 Å². The lowest BCUT2D eigenvalue weighted by Crippen LogP contribution is -2.32. The van der Waals surface area contributed by atoms with E-state index in [0.29, 0.717) is 23.8 Å². The van der Waals surface area contributed by atoms with Gasteiger partial charge in [-0.05, 0) is 54.7 Å². The summed E-state index contributed by atoms with van der Waals surface area (Å²) in [4.78, 5) is 27.4. The number of carbonyl (C=O) groups is 2. The van der Waals surface area contributed by atoms with Crippen LogP contribution in [0.3, 0.4) is 0 Å². The maximum atomic E-state index is 13.0. The minimum Gasteiger partial charge on any atom is -0.507 e. The van der Waals surface area contributed by atoms with E-state index in [-0.39, 0.29) is 24.5 Å². The van der Waals surface area contributed by atoms with E-state index >= 15 is 0 Å². The number of aliphatic hydroxyl groups is 1. The first-order chi connectivity index (χ1) is 15.3. The van der Waals surface area contributed by atoms with Gasteiger partial charge in [0.25, 0.3) is 11.7 Å². The molecule has 1 fully saturated rings. The maximum absolute atomic E-state index is 13.0. The van der Waals surface area contributed by atoms with Crippen LogP contribution in [0.25, 0.3) is 5.76 Å². The predicted octanol–water partition coefficient (Wildman–Crippen LogP) is 4.59. The molecular formula is C26H31NO5. The zero-order valence-corrected chi connectivity index (χ0v) is 19.3. The van der Waals surface area contributed by atoms with Crippen molar-refractivity contribution in [2.24, 2.45) is 0 Å². The summed E-state index contributed by atoms with van der Waals surface area (Å²) < 4.78 is 10.7. The predicted molar refractivity (Wildman–Crippen MR) is 124 cm³/mol. The average molecular weight is 438 g/mol. The third kappa shape index (κ3) is 4.55. The van der Waals surface area contributed by atoms with E-state index in [9.17, 15) is 14.7 Å². The topological polar surface area (TPSA) is 76.1 Å². The van der Waals surface area contributed by atoms with Gasteiger partial charge in [0.05, 0.1) is 24.8 Å². The third-order valence-electron chi connectivity index (χ3n) is 5.74. The van der Waals surface area contributed by atoms with Crippen molar-refractivity contribution >= 4 is 17.4 Å². The molecule has 170 valence electrons. The van der Waals surface area contributed by atoms with Gasteiger partial charge in [-0.2, -0.15) is 0 Å². The van der Waals surface area contributed by atoms with Gasteiger partial charge in [0.2, 0.25) is 0 Å². The molecule has 32 heavy (non-hydrogen) atoms. The van der Waals surface area contributed by atoms with Crippen LogP contribution in [0, 0.1) is 6.92 Å². The van der Waals surface area contributed by atoms with Gasteiger partial charge < -0.3 is 19.5 Å². The minimum absolute atomic E-state index is 0.0898. The molecule has 1 unspecified atom stereocenters. The summed E-state index contributed by atoms with van der Waals surface area (Å²) in [6.45, 7) is 9.05. The molecule has 1 saturated heterocycles. The highest BCUT2D eigenvalue weighted by Gasteiger charge is 2.45. The second kappa shape index (κ2) is 10.0. The van der Waals surface area contributed by atoms with Crippen LogP contribution in [-0.4, -0.2) is 48.6 Å². The number of rotatable bonds is 8. The average Bonchev–Trinajstić information content (AvgIpc) is 3.03. The third-order valence-corrected chi connectivity index (χ3v) is 5.74. The van der Waals surface area contributed by atoms with Crippen molar-refractivity contribution in [1.29, 1.82) is 0 Å². The molecule has 0 aliphatic carbocycles. The van der Waals surface area contributed by atoms with Crippen LogP contribution in [0.2, 0.25) is 0 Å². The molecule has 1 heterocycles. The summed E-state index contributed by atoms with van der Waals surface area (Å²) >= 11 is 0. The molecule has 2 aromatic rings. The fourth-order valence-corrected chi connectivity index (χ4v) is 3.98. The molecule has 3 rings (SSSR count). The highest BCUT2D eigenvalue weighted by Crippen LogP contribution is 2.40. The Labute approximate surface area is 189 Å². The van der Waals surface area contributed by atoms with Gasteiger partial charge in [-0.15, -0.1) is 0 Å². The lowest BCUT2D eigenvalue weighted by Gasteiger charge is -2.25. The first-order valence-electron chi connectivity index (χ1n) is 10.9. The number of hydrogen-bond donors (Lipinski definition) is 1. The molecule has 0 radical (unpaired) electrons. The summed E-state index contributed by atoms with van der Waals surface area (Å²) in [6, 6.07) is 12.4.